The van der Waals surface area contributed by atoms with Crippen molar-refractivity contribution >= 4 is 39.5 Å². The number of hydrogen-bond donors (Lipinski definition) is 3. The van der Waals surface area contributed by atoms with E-state index in [1.165, 1.54) is 276 Å². The van der Waals surface area contributed by atoms with Crippen LogP contribution in [0.3, 0.4) is 0 Å². The molecule has 0 aliphatic rings. The van der Waals surface area contributed by atoms with E-state index in [1.54, 1.807) is 0 Å². The molecule has 7 atom stereocenters. The average molecular weight is 1560 g/mol. The number of phosphoric acid groups is 2. The van der Waals surface area contributed by atoms with Crippen molar-refractivity contribution in [3.63, 3.8) is 0 Å². The number of carbonyl (C=O) groups excluding carboxylic acids is 4. The number of ether oxygens (including phenoxy) is 4. The molecule has 0 aliphatic carbocycles. The van der Waals surface area contributed by atoms with Crippen molar-refractivity contribution in [3.05, 3.63) is 0 Å². The van der Waals surface area contributed by atoms with E-state index < -0.39 is 97.5 Å². The minimum Gasteiger partial charge on any atom is -0.462 e. The van der Waals surface area contributed by atoms with Crippen molar-refractivity contribution in [1.29, 1.82) is 0 Å². The maximum absolute atomic E-state index is 13.2. The Hall–Kier alpha value is -1.94. The predicted octanol–water partition coefficient (Wildman–Crippen LogP) is 26.9. The molecule has 0 saturated carbocycles. The van der Waals surface area contributed by atoms with Crippen LogP contribution in [0, 0.1) is 17.8 Å². The van der Waals surface area contributed by atoms with Gasteiger partial charge in [-0.25, -0.2) is 9.13 Å². The van der Waals surface area contributed by atoms with Crippen LogP contribution in [-0.2, 0) is 65.4 Å². The van der Waals surface area contributed by atoms with Crippen molar-refractivity contribution in [2.24, 2.45) is 17.8 Å². The first kappa shape index (κ1) is 105. The molecule has 19 heteroatoms. The molecule has 107 heavy (non-hydrogen) atoms. The molecule has 0 bridgehead atoms. The number of esters is 4. The van der Waals surface area contributed by atoms with Crippen LogP contribution < -0.4 is 0 Å². The van der Waals surface area contributed by atoms with Gasteiger partial charge in [-0.3, -0.25) is 37.3 Å². The second-order valence-electron chi connectivity index (χ2n) is 32.6. The Balaban J connectivity index is 5.23. The third kappa shape index (κ3) is 79.1. The van der Waals surface area contributed by atoms with Gasteiger partial charge in [0, 0.05) is 25.7 Å². The molecule has 0 aliphatic heterocycles. The zero-order chi connectivity index (χ0) is 78.6. The second-order valence-corrected chi connectivity index (χ2v) is 35.5. The molecule has 0 saturated heterocycles. The van der Waals surface area contributed by atoms with Gasteiger partial charge < -0.3 is 33.8 Å². The molecule has 0 radical (unpaired) electrons. The number of carbonyl (C=O) groups is 4. The summed E-state index contributed by atoms with van der Waals surface area (Å²) in [4.78, 5) is 73.3. The first-order valence-electron chi connectivity index (χ1n) is 45.4. The van der Waals surface area contributed by atoms with Crippen molar-refractivity contribution in [2.75, 3.05) is 39.6 Å². The Labute approximate surface area is 658 Å². The van der Waals surface area contributed by atoms with Gasteiger partial charge in [-0.05, 0) is 43.4 Å². The summed E-state index contributed by atoms with van der Waals surface area (Å²) in [7, 11) is -9.93. The zero-order valence-electron chi connectivity index (χ0n) is 70.6. The molecule has 0 aromatic rings. The van der Waals surface area contributed by atoms with Crippen LogP contribution >= 0.6 is 15.6 Å². The Morgan fingerprint density at radius 3 is 0.710 bits per heavy atom. The lowest BCUT2D eigenvalue weighted by Crippen LogP contribution is -2.30. The van der Waals surface area contributed by atoms with E-state index >= 15 is 0 Å². The zero-order valence-corrected chi connectivity index (χ0v) is 72.4. The van der Waals surface area contributed by atoms with Gasteiger partial charge in [0.15, 0.2) is 12.2 Å². The van der Waals surface area contributed by atoms with Gasteiger partial charge in [0.05, 0.1) is 26.4 Å². The van der Waals surface area contributed by atoms with Gasteiger partial charge in [0.2, 0.25) is 0 Å². The first-order chi connectivity index (χ1) is 51.8. The number of phosphoric ester groups is 2. The quantitative estimate of drug-likeness (QED) is 0.0222. The molecule has 0 aromatic heterocycles. The summed E-state index contributed by atoms with van der Waals surface area (Å²) in [5.41, 5.74) is 0. The van der Waals surface area contributed by atoms with E-state index in [9.17, 15) is 43.2 Å². The summed E-state index contributed by atoms with van der Waals surface area (Å²) >= 11 is 0. The molecule has 0 fully saturated rings. The van der Waals surface area contributed by atoms with E-state index in [0.29, 0.717) is 25.7 Å². The molecule has 0 amide bonds. The van der Waals surface area contributed by atoms with Gasteiger partial charge in [0.1, 0.15) is 19.3 Å². The van der Waals surface area contributed by atoms with Crippen LogP contribution in [0.5, 0.6) is 0 Å². The summed E-state index contributed by atoms with van der Waals surface area (Å²) in [6.45, 7) is 12.0. The van der Waals surface area contributed by atoms with Gasteiger partial charge >= 0.3 is 39.5 Å². The fourth-order valence-electron chi connectivity index (χ4n) is 13.7. The number of unbranched alkanes of at least 4 members (excludes halogenated alkanes) is 52. The van der Waals surface area contributed by atoms with Crippen LogP contribution in [0.25, 0.3) is 0 Å². The highest BCUT2D eigenvalue weighted by atomic mass is 31.2. The Bertz CT molecular complexity index is 2060. The Morgan fingerprint density at radius 2 is 0.477 bits per heavy atom. The second kappa shape index (κ2) is 78.0. The third-order valence-electron chi connectivity index (χ3n) is 21.4. The largest absolute Gasteiger partial charge is 0.472 e. The molecule has 3 N–H and O–H groups in total. The maximum Gasteiger partial charge on any atom is 0.472 e. The van der Waals surface area contributed by atoms with Crippen molar-refractivity contribution in [2.45, 2.75) is 484 Å². The Kier molecular flexibility index (Phi) is 76.6. The minimum atomic E-state index is -4.97. The van der Waals surface area contributed by atoms with Crippen LogP contribution in [0.1, 0.15) is 466 Å². The lowest BCUT2D eigenvalue weighted by Gasteiger charge is -2.21. The van der Waals surface area contributed by atoms with E-state index in [0.717, 1.165) is 108 Å². The predicted molar refractivity (Wildman–Crippen MR) is 441 cm³/mol. The topological polar surface area (TPSA) is 237 Å². The molecule has 0 spiro atoms. The highest BCUT2D eigenvalue weighted by Crippen LogP contribution is 2.45. The van der Waals surface area contributed by atoms with E-state index in [2.05, 4.69) is 48.5 Å². The van der Waals surface area contributed by atoms with E-state index in [4.69, 9.17) is 37.0 Å². The fraction of sp³-hybridized carbons (Fsp3) is 0.955. The van der Waals surface area contributed by atoms with E-state index in [1.807, 2.05) is 0 Å². The molecule has 0 heterocycles. The van der Waals surface area contributed by atoms with Crippen molar-refractivity contribution in [1.82, 2.24) is 0 Å². The molecular weight excluding hydrogens is 1390 g/mol. The van der Waals surface area contributed by atoms with Gasteiger partial charge in [-0.1, -0.05) is 414 Å². The summed E-state index contributed by atoms with van der Waals surface area (Å²) in [6, 6.07) is 0. The molecule has 17 nitrogen and oxygen atoms in total. The highest BCUT2D eigenvalue weighted by molar-refractivity contribution is 7.47. The van der Waals surface area contributed by atoms with Crippen LogP contribution in [0.2, 0.25) is 0 Å². The minimum absolute atomic E-state index is 0.106. The van der Waals surface area contributed by atoms with Crippen LogP contribution in [0.15, 0.2) is 0 Å². The van der Waals surface area contributed by atoms with Crippen molar-refractivity contribution < 1.29 is 80.2 Å². The standard InChI is InChI=1S/C88H172O17P2/c1-8-11-12-13-14-15-16-17-18-19-20-21-25-28-31-34-40-48-55-62-69-85(90)98-75-83(104-87(92)71-64-57-50-41-35-32-29-26-23-22-24-27-30-33-39-46-53-60-67-80(6)9-2)77-102-106(94,95)100-73-82(89)74-101-107(96,97)103-78-84(76-99-86(91)70-63-56-49-44-43-47-54-61-68-81(7)10-3)105-88(93)72-65-58-51-42-37-36-38-45-52-59-66-79(4)5/h79-84,89H,8-78H2,1-7H3,(H,94,95)(H,96,97)/t80?,81?,82-,83-,84-/m1/s1. The SMILES string of the molecule is CCCCCCCCCCCCCCCCCCCCCCC(=O)OC[C@H](COP(=O)(O)OC[C@@H](O)COP(=O)(O)OC[C@@H](COC(=O)CCCCCCCCCCC(C)CC)OC(=O)CCCCCCCCCCCCC(C)C)OC(=O)CCCCCCCCCCCCCCCCCCCCC(C)CC. The van der Waals surface area contributed by atoms with Gasteiger partial charge in [-0.15, -0.1) is 0 Å². The number of rotatable bonds is 86. The van der Waals surface area contributed by atoms with Gasteiger partial charge in [0.25, 0.3) is 0 Å². The maximum atomic E-state index is 13.2. The summed E-state index contributed by atoms with van der Waals surface area (Å²) in [5, 5.41) is 10.7. The fourth-order valence-corrected chi connectivity index (χ4v) is 15.2. The van der Waals surface area contributed by atoms with E-state index in [-0.39, 0.29) is 25.7 Å². The molecule has 0 rings (SSSR count). The molecule has 0 aromatic carbocycles. The first-order valence-corrected chi connectivity index (χ1v) is 48.4. The number of hydrogen-bond acceptors (Lipinski definition) is 15. The molecule has 4 unspecified atom stereocenters. The summed E-state index contributed by atoms with van der Waals surface area (Å²) in [5.74, 6) is 0.296. The summed E-state index contributed by atoms with van der Waals surface area (Å²) in [6.07, 6.45) is 69.5. The highest BCUT2D eigenvalue weighted by Gasteiger charge is 2.31. The molecular formula is C88H172O17P2. The lowest BCUT2D eigenvalue weighted by molar-refractivity contribution is -0.161. The summed E-state index contributed by atoms with van der Waals surface area (Å²) < 4.78 is 68.9. The number of aliphatic hydroxyl groups is 1. The van der Waals surface area contributed by atoms with Crippen molar-refractivity contribution in [3.8, 4) is 0 Å². The third-order valence-corrected chi connectivity index (χ3v) is 23.3. The lowest BCUT2D eigenvalue weighted by atomic mass is 9.99. The van der Waals surface area contributed by atoms with Crippen LogP contribution in [0.4, 0.5) is 0 Å². The normalized spacial score (nSPS) is 14.3. The average Bonchev–Trinajstić information content (AvgIpc) is 0.902. The number of aliphatic hydroxyl groups excluding tert-OH is 1. The molecule has 636 valence electrons. The van der Waals surface area contributed by atoms with Gasteiger partial charge in [-0.2, -0.15) is 0 Å². The smallest absolute Gasteiger partial charge is 0.462 e. The Morgan fingerprint density at radius 1 is 0.271 bits per heavy atom. The monoisotopic (exact) mass is 1560 g/mol. The van der Waals surface area contributed by atoms with Crippen LogP contribution in [-0.4, -0.2) is 96.7 Å².